The summed E-state index contributed by atoms with van der Waals surface area (Å²) in [4.78, 5) is 17.1. The minimum Gasteiger partial charge on any atom is -0.489 e. The Morgan fingerprint density at radius 1 is 1.18 bits per heavy atom. The zero-order valence-electron chi connectivity index (χ0n) is 18.5. The number of hydrogen-bond donors (Lipinski definition) is 2. The van der Waals surface area contributed by atoms with E-state index in [0.29, 0.717) is 5.70 Å². The number of rotatable bonds is 8. The number of hydrogen-bond acceptors (Lipinski definition) is 4. The summed E-state index contributed by atoms with van der Waals surface area (Å²) in [6, 6.07) is 6.00. The van der Waals surface area contributed by atoms with Gasteiger partial charge >= 0.3 is 0 Å². The maximum Gasteiger partial charge on any atom is 0.228 e. The molecule has 9 heteroatoms. The summed E-state index contributed by atoms with van der Waals surface area (Å²) in [7, 11) is 0. The third-order valence-electron chi connectivity index (χ3n) is 5.38. The highest BCUT2D eigenvalue weighted by molar-refractivity contribution is 5.96. The number of nitrogens with zero attached hydrogens (tertiary/aromatic N) is 1. The van der Waals surface area contributed by atoms with Gasteiger partial charge in [-0.2, -0.15) is 0 Å². The number of carbonyl (C=O) groups excluding carboxylic acids is 1. The van der Waals surface area contributed by atoms with E-state index in [1.165, 1.54) is 12.3 Å². The van der Waals surface area contributed by atoms with E-state index in [9.17, 15) is 22.4 Å². The van der Waals surface area contributed by atoms with Gasteiger partial charge in [0.15, 0.2) is 17.4 Å². The zero-order valence-corrected chi connectivity index (χ0v) is 18.5. The molecule has 176 valence electrons. The van der Waals surface area contributed by atoms with E-state index in [1.807, 2.05) is 13.8 Å². The topological polar surface area (TPSA) is 76.7 Å². The maximum atomic E-state index is 14.0. The molecule has 0 aromatic heterocycles. The molecule has 3 N–H and O–H groups in total. The van der Waals surface area contributed by atoms with E-state index in [0.717, 1.165) is 30.3 Å². The van der Waals surface area contributed by atoms with Crippen LogP contribution < -0.4 is 11.1 Å². The van der Waals surface area contributed by atoms with Crippen molar-refractivity contribution in [3.05, 3.63) is 76.7 Å². The Labute approximate surface area is 189 Å². The molecule has 0 unspecified atom stereocenters. The number of nitrogens with one attached hydrogen (secondary N) is 1. The highest BCUT2D eigenvalue weighted by Gasteiger charge is 2.60. The van der Waals surface area contributed by atoms with Gasteiger partial charge in [0.1, 0.15) is 11.6 Å². The van der Waals surface area contributed by atoms with Crippen molar-refractivity contribution in [2.45, 2.75) is 38.6 Å². The average Bonchev–Trinajstić information content (AvgIpc) is 3.45. The predicted octanol–water partition coefficient (Wildman–Crippen LogP) is 4.83. The standard InChI is InChI=1S/C24H25F4N3O2/c1-13(2)30-11-22(14(3)29)33-12-24(15-6-16(25)8-17(26)7-15)10-19(24)23(32)31-18-4-5-20(27)21(28)9-18/h4-9,11,13,19H,10,12,29H2,1-3H3,(H,31,32)/b22-14+,30-11?/t19-,24+/m0/s1. The number of nitrogens with two attached hydrogens (primary N) is 1. The molecule has 0 bridgehead atoms. The van der Waals surface area contributed by atoms with E-state index >= 15 is 0 Å². The molecule has 33 heavy (non-hydrogen) atoms. The normalized spacial score (nSPS) is 20.7. The molecule has 0 heterocycles. The molecule has 2 aromatic rings. The molecule has 2 atom stereocenters. The Morgan fingerprint density at radius 3 is 2.42 bits per heavy atom. The van der Waals surface area contributed by atoms with Crippen LogP contribution in [0.1, 0.15) is 32.8 Å². The van der Waals surface area contributed by atoms with Crippen molar-refractivity contribution in [1.29, 1.82) is 0 Å². The second kappa shape index (κ2) is 9.64. The lowest BCUT2D eigenvalue weighted by molar-refractivity contribution is -0.118. The van der Waals surface area contributed by atoms with E-state index < -0.39 is 40.5 Å². The third kappa shape index (κ3) is 5.71. The Bertz CT molecular complexity index is 1090. The molecule has 3 rings (SSSR count). The number of aliphatic imine (C=N–C) groups is 1. The van der Waals surface area contributed by atoms with Crippen molar-refractivity contribution in [3.63, 3.8) is 0 Å². The van der Waals surface area contributed by atoms with Crippen LogP contribution in [-0.4, -0.2) is 24.8 Å². The van der Waals surface area contributed by atoms with Gasteiger partial charge < -0.3 is 15.8 Å². The Kier molecular flexibility index (Phi) is 7.09. The quantitative estimate of drug-likeness (QED) is 0.335. The van der Waals surface area contributed by atoms with Gasteiger partial charge in [0.05, 0.1) is 18.7 Å². The third-order valence-corrected chi connectivity index (χ3v) is 5.38. The number of ether oxygens (including phenoxy) is 1. The second-order valence-corrected chi connectivity index (χ2v) is 8.40. The highest BCUT2D eigenvalue weighted by Crippen LogP contribution is 2.55. The summed E-state index contributed by atoms with van der Waals surface area (Å²) < 4.78 is 60.5. The first kappa shape index (κ1) is 24.3. The molecule has 1 amide bonds. The summed E-state index contributed by atoms with van der Waals surface area (Å²) in [5, 5.41) is 2.52. The van der Waals surface area contributed by atoms with E-state index in [4.69, 9.17) is 10.5 Å². The number of anilines is 1. The second-order valence-electron chi connectivity index (χ2n) is 8.40. The number of allylic oxidation sites excluding steroid dienone is 2. The van der Waals surface area contributed by atoms with Gasteiger partial charge in [-0.25, -0.2) is 17.6 Å². The van der Waals surface area contributed by atoms with E-state index in [-0.39, 0.29) is 36.1 Å². The maximum absolute atomic E-state index is 14.0. The molecule has 1 saturated carbocycles. The van der Waals surface area contributed by atoms with Crippen LogP contribution in [0.25, 0.3) is 0 Å². The van der Waals surface area contributed by atoms with Crippen LogP contribution >= 0.6 is 0 Å². The van der Waals surface area contributed by atoms with Crippen molar-refractivity contribution in [3.8, 4) is 0 Å². The van der Waals surface area contributed by atoms with Gasteiger partial charge in [-0.1, -0.05) is 0 Å². The van der Waals surface area contributed by atoms with Crippen LogP contribution in [-0.2, 0) is 14.9 Å². The molecule has 5 nitrogen and oxygen atoms in total. The first-order chi connectivity index (χ1) is 15.5. The molecule has 0 saturated heterocycles. The van der Waals surface area contributed by atoms with Crippen LogP contribution in [0.5, 0.6) is 0 Å². The Morgan fingerprint density at radius 2 is 1.85 bits per heavy atom. The molecule has 2 aromatic carbocycles. The van der Waals surface area contributed by atoms with Gasteiger partial charge in [0, 0.05) is 35.0 Å². The number of benzene rings is 2. The fourth-order valence-electron chi connectivity index (χ4n) is 3.53. The molecular weight excluding hydrogens is 438 g/mol. The lowest BCUT2D eigenvalue weighted by Gasteiger charge is -2.20. The molecule has 0 aliphatic heterocycles. The fraction of sp³-hybridized carbons (Fsp3) is 0.333. The van der Waals surface area contributed by atoms with E-state index in [1.54, 1.807) is 6.92 Å². The van der Waals surface area contributed by atoms with Crippen molar-refractivity contribution in [2.75, 3.05) is 11.9 Å². The lowest BCUT2D eigenvalue weighted by atomic mass is 9.93. The minimum absolute atomic E-state index is 0.00946. The summed E-state index contributed by atoms with van der Waals surface area (Å²) in [5.41, 5.74) is 5.50. The smallest absolute Gasteiger partial charge is 0.228 e. The van der Waals surface area contributed by atoms with Crippen LogP contribution in [0.15, 0.2) is 52.8 Å². The van der Waals surface area contributed by atoms with Crippen molar-refractivity contribution < 1.29 is 27.1 Å². The SMILES string of the molecule is C/C(N)=C(/C=NC(C)C)OC[C@@]1(c2cc(F)cc(F)c2)C[C@H]1C(=O)Nc1ccc(F)c(F)c1. The van der Waals surface area contributed by atoms with Crippen LogP contribution in [0, 0.1) is 29.2 Å². The average molecular weight is 463 g/mol. The van der Waals surface area contributed by atoms with E-state index in [2.05, 4.69) is 10.3 Å². The summed E-state index contributed by atoms with van der Waals surface area (Å²) in [5.74, 6) is -4.69. The summed E-state index contributed by atoms with van der Waals surface area (Å²) >= 11 is 0. The molecule has 0 spiro atoms. The van der Waals surface area contributed by atoms with Crippen molar-refractivity contribution >= 4 is 17.8 Å². The number of amides is 1. The largest absolute Gasteiger partial charge is 0.489 e. The summed E-state index contributed by atoms with van der Waals surface area (Å²) in [6.45, 7) is 5.27. The van der Waals surface area contributed by atoms with Crippen LogP contribution in [0.4, 0.5) is 23.2 Å². The first-order valence-corrected chi connectivity index (χ1v) is 10.4. The Balaban J connectivity index is 1.87. The fourth-order valence-corrected chi connectivity index (χ4v) is 3.53. The molecule has 1 aliphatic rings. The van der Waals surface area contributed by atoms with Crippen molar-refractivity contribution in [1.82, 2.24) is 0 Å². The minimum atomic E-state index is -1.11. The van der Waals surface area contributed by atoms with Gasteiger partial charge in [0.2, 0.25) is 5.91 Å². The lowest BCUT2D eigenvalue weighted by Crippen LogP contribution is -2.26. The highest BCUT2D eigenvalue weighted by atomic mass is 19.2. The van der Waals surface area contributed by atoms with Crippen LogP contribution in [0.2, 0.25) is 0 Å². The number of halogens is 4. The zero-order chi connectivity index (χ0) is 24.3. The monoisotopic (exact) mass is 463 g/mol. The van der Waals surface area contributed by atoms with Gasteiger partial charge in [-0.05, 0) is 57.0 Å². The van der Waals surface area contributed by atoms with Crippen molar-refractivity contribution in [2.24, 2.45) is 16.6 Å². The van der Waals surface area contributed by atoms with Gasteiger partial charge in [-0.3, -0.25) is 9.79 Å². The Hall–Kier alpha value is -3.36. The van der Waals surface area contributed by atoms with Gasteiger partial charge in [-0.15, -0.1) is 0 Å². The number of carbonyl (C=O) groups is 1. The van der Waals surface area contributed by atoms with Crippen LogP contribution in [0.3, 0.4) is 0 Å². The molecule has 1 aliphatic carbocycles. The summed E-state index contributed by atoms with van der Waals surface area (Å²) in [6.07, 6.45) is 1.70. The molecule has 0 radical (unpaired) electrons. The first-order valence-electron chi connectivity index (χ1n) is 10.4. The van der Waals surface area contributed by atoms with Gasteiger partial charge in [0.25, 0.3) is 0 Å². The predicted molar refractivity (Wildman–Crippen MR) is 118 cm³/mol. The molecular formula is C24H25F4N3O2. The molecule has 1 fully saturated rings.